The zero-order valence-electron chi connectivity index (χ0n) is 9.01. The van der Waals surface area contributed by atoms with Gasteiger partial charge in [0.15, 0.2) is 0 Å². The monoisotopic (exact) mass is 251 g/mol. The molecule has 0 bridgehead atoms. The second kappa shape index (κ2) is 4.47. The summed E-state index contributed by atoms with van der Waals surface area (Å²) < 4.78 is 1.46. The molecule has 0 atom stereocenters. The number of phenols is 1. The van der Waals surface area contributed by atoms with E-state index >= 15 is 0 Å². The third-order valence-corrected chi connectivity index (χ3v) is 2.58. The fourth-order valence-electron chi connectivity index (χ4n) is 1.38. The average molecular weight is 252 g/mol. The van der Waals surface area contributed by atoms with Gasteiger partial charge in [0.2, 0.25) is 0 Å². The zero-order chi connectivity index (χ0) is 12.4. The van der Waals surface area contributed by atoms with Crippen molar-refractivity contribution in [2.75, 3.05) is 5.32 Å². The molecular weight excluding hydrogens is 242 g/mol. The first kappa shape index (κ1) is 11.5. The molecule has 2 N–H and O–H groups in total. The summed E-state index contributed by atoms with van der Waals surface area (Å²) >= 11 is 5.67. The summed E-state index contributed by atoms with van der Waals surface area (Å²) in [5.74, 6) is -0.374. The van der Waals surface area contributed by atoms with Crippen LogP contribution >= 0.6 is 11.6 Å². The number of hydrogen-bond donors (Lipinski definition) is 2. The van der Waals surface area contributed by atoms with E-state index in [-0.39, 0.29) is 16.7 Å². The lowest BCUT2D eigenvalue weighted by Gasteiger charge is -2.06. The Morgan fingerprint density at radius 3 is 2.82 bits per heavy atom. The number of aromatic hydroxyl groups is 1. The molecule has 2 rings (SSSR count). The Labute approximate surface area is 103 Å². The molecule has 6 heteroatoms. The Morgan fingerprint density at radius 2 is 2.24 bits per heavy atom. The number of nitrogens with zero attached hydrogens (tertiary/aromatic N) is 2. The molecule has 0 saturated heterocycles. The molecule has 0 aliphatic rings. The minimum atomic E-state index is -0.299. The Bertz CT molecular complexity index is 566. The van der Waals surface area contributed by atoms with Crippen LogP contribution in [-0.2, 0) is 7.05 Å². The lowest BCUT2D eigenvalue weighted by Crippen LogP contribution is -2.15. The molecule has 0 aliphatic heterocycles. The maximum Gasteiger partial charge on any atom is 0.273 e. The van der Waals surface area contributed by atoms with Crippen molar-refractivity contribution in [1.29, 1.82) is 0 Å². The van der Waals surface area contributed by atoms with E-state index in [0.29, 0.717) is 11.4 Å². The maximum absolute atomic E-state index is 11.8. The maximum atomic E-state index is 11.8. The molecular formula is C11H10ClN3O2. The summed E-state index contributed by atoms with van der Waals surface area (Å²) in [4.78, 5) is 11.8. The number of benzene rings is 1. The molecule has 5 nitrogen and oxygen atoms in total. The van der Waals surface area contributed by atoms with Crippen LogP contribution < -0.4 is 5.32 Å². The molecule has 1 aromatic carbocycles. The minimum Gasteiger partial charge on any atom is -0.506 e. The van der Waals surface area contributed by atoms with Gasteiger partial charge in [-0.25, -0.2) is 0 Å². The summed E-state index contributed by atoms with van der Waals surface area (Å²) in [6, 6.07) is 6.10. The van der Waals surface area contributed by atoms with Crippen molar-refractivity contribution in [3.63, 3.8) is 0 Å². The van der Waals surface area contributed by atoms with Gasteiger partial charge in [-0.3, -0.25) is 9.48 Å². The molecule has 0 spiro atoms. The Hall–Kier alpha value is -2.01. The van der Waals surface area contributed by atoms with Gasteiger partial charge in [-0.2, -0.15) is 5.10 Å². The van der Waals surface area contributed by atoms with Crippen molar-refractivity contribution in [3.8, 4) is 5.75 Å². The normalized spacial score (nSPS) is 10.2. The van der Waals surface area contributed by atoms with Gasteiger partial charge in [-0.05, 0) is 18.2 Å². The number of rotatable bonds is 2. The molecule has 17 heavy (non-hydrogen) atoms. The number of amides is 1. The Balaban J connectivity index is 2.19. The van der Waals surface area contributed by atoms with Crippen molar-refractivity contribution in [3.05, 3.63) is 41.2 Å². The summed E-state index contributed by atoms with van der Waals surface area (Å²) in [7, 11) is 1.67. The van der Waals surface area contributed by atoms with Gasteiger partial charge in [0.25, 0.3) is 5.91 Å². The second-order valence-corrected chi connectivity index (χ2v) is 3.87. The number of carbonyl (C=O) groups excluding carboxylic acids is 1. The summed E-state index contributed by atoms with van der Waals surface area (Å²) in [5, 5.41) is 16.2. The van der Waals surface area contributed by atoms with Crippen LogP contribution in [0.1, 0.15) is 10.5 Å². The first-order valence-corrected chi connectivity index (χ1v) is 5.23. The van der Waals surface area contributed by atoms with Crippen molar-refractivity contribution in [2.24, 2.45) is 7.05 Å². The highest BCUT2D eigenvalue weighted by Crippen LogP contribution is 2.26. The molecule has 2 aromatic rings. The predicted molar refractivity (Wildman–Crippen MR) is 64.3 cm³/mol. The van der Waals surface area contributed by atoms with Crippen LogP contribution in [0.2, 0.25) is 5.02 Å². The lowest BCUT2D eigenvalue weighted by atomic mass is 10.3. The molecule has 0 fully saturated rings. The average Bonchev–Trinajstić information content (AvgIpc) is 2.70. The number of halogens is 1. The quantitative estimate of drug-likeness (QED) is 0.858. The molecule has 0 saturated carbocycles. The van der Waals surface area contributed by atoms with Crippen LogP contribution in [-0.4, -0.2) is 20.8 Å². The van der Waals surface area contributed by atoms with E-state index < -0.39 is 0 Å². The van der Waals surface area contributed by atoms with Crippen LogP contribution in [0.25, 0.3) is 0 Å². The van der Waals surface area contributed by atoms with E-state index in [1.165, 1.54) is 23.0 Å². The van der Waals surface area contributed by atoms with E-state index in [1.54, 1.807) is 19.2 Å². The number of carbonyl (C=O) groups is 1. The lowest BCUT2D eigenvalue weighted by molar-refractivity contribution is 0.101. The second-order valence-electron chi connectivity index (χ2n) is 3.46. The van der Waals surface area contributed by atoms with Crippen molar-refractivity contribution >= 4 is 23.2 Å². The number of nitrogens with one attached hydrogen (secondary N) is 1. The van der Waals surface area contributed by atoms with E-state index in [1.807, 2.05) is 0 Å². The standard InChI is InChI=1S/C11H10ClN3O2/c1-15-9(4-5-13-15)11(17)14-7-2-3-8(12)10(16)6-7/h2-6,16H,1H3,(H,14,17). The molecule has 88 valence electrons. The fourth-order valence-corrected chi connectivity index (χ4v) is 1.50. The Kier molecular flexibility index (Phi) is 3.01. The molecule has 1 heterocycles. The SMILES string of the molecule is Cn1nccc1C(=O)Nc1ccc(Cl)c(O)c1. The van der Waals surface area contributed by atoms with Crippen molar-refractivity contribution in [2.45, 2.75) is 0 Å². The van der Waals surface area contributed by atoms with Gasteiger partial charge < -0.3 is 10.4 Å². The summed E-state index contributed by atoms with van der Waals surface area (Å²) in [6.45, 7) is 0. The van der Waals surface area contributed by atoms with Crippen LogP contribution in [0.4, 0.5) is 5.69 Å². The van der Waals surface area contributed by atoms with E-state index in [0.717, 1.165) is 0 Å². The summed E-state index contributed by atoms with van der Waals surface area (Å²) in [6.07, 6.45) is 1.54. The van der Waals surface area contributed by atoms with Gasteiger partial charge in [0, 0.05) is 25.0 Å². The van der Waals surface area contributed by atoms with Gasteiger partial charge in [-0.15, -0.1) is 0 Å². The third-order valence-electron chi connectivity index (χ3n) is 2.26. The largest absolute Gasteiger partial charge is 0.506 e. The molecule has 0 unspecified atom stereocenters. The first-order chi connectivity index (χ1) is 8.08. The van der Waals surface area contributed by atoms with E-state index in [2.05, 4.69) is 10.4 Å². The third kappa shape index (κ3) is 2.39. The number of anilines is 1. The summed E-state index contributed by atoms with van der Waals surface area (Å²) in [5.41, 5.74) is 0.900. The van der Waals surface area contributed by atoms with Crippen LogP contribution in [0.5, 0.6) is 5.75 Å². The Morgan fingerprint density at radius 1 is 1.47 bits per heavy atom. The highest BCUT2D eigenvalue weighted by Gasteiger charge is 2.10. The predicted octanol–water partition coefficient (Wildman–Crippen LogP) is 2.03. The molecule has 1 aromatic heterocycles. The highest BCUT2D eigenvalue weighted by atomic mass is 35.5. The minimum absolute atomic E-state index is 0.0746. The van der Waals surface area contributed by atoms with Crippen LogP contribution in [0.15, 0.2) is 30.5 Å². The smallest absolute Gasteiger partial charge is 0.273 e. The number of aromatic nitrogens is 2. The first-order valence-electron chi connectivity index (χ1n) is 4.86. The van der Waals surface area contributed by atoms with Crippen LogP contribution in [0.3, 0.4) is 0 Å². The molecule has 1 amide bonds. The molecule has 0 radical (unpaired) electrons. The van der Waals surface area contributed by atoms with E-state index in [4.69, 9.17) is 11.6 Å². The number of hydrogen-bond acceptors (Lipinski definition) is 3. The molecule has 0 aliphatic carbocycles. The van der Waals surface area contributed by atoms with Gasteiger partial charge in [0.1, 0.15) is 11.4 Å². The highest BCUT2D eigenvalue weighted by molar-refractivity contribution is 6.32. The number of aryl methyl sites for hydroxylation is 1. The van der Waals surface area contributed by atoms with Crippen molar-refractivity contribution < 1.29 is 9.90 Å². The van der Waals surface area contributed by atoms with Crippen molar-refractivity contribution in [1.82, 2.24) is 9.78 Å². The number of phenolic OH excluding ortho intramolecular Hbond substituents is 1. The van der Waals surface area contributed by atoms with Gasteiger partial charge >= 0.3 is 0 Å². The van der Waals surface area contributed by atoms with Crippen LogP contribution in [0, 0.1) is 0 Å². The van der Waals surface area contributed by atoms with Gasteiger partial charge in [-0.1, -0.05) is 11.6 Å². The van der Waals surface area contributed by atoms with E-state index in [9.17, 15) is 9.90 Å². The topological polar surface area (TPSA) is 67.2 Å². The zero-order valence-corrected chi connectivity index (χ0v) is 9.77. The van der Waals surface area contributed by atoms with Gasteiger partial charge in [0.05, 0.1) is 5.02 Å². The fraction of sp³-hybridized carbons (Fsp3) is 0.0909.